The van der Waals surface area contributed by atoms with Crippen LogP contribution < -0.4 is 5.32 Å². The monoisotopic (exact) mass is 339 g/mol. The predicted molar refractivity (Wildman–Crippen MR) is 93.5 cm³/mol. The highest BCUT2D eigenvalue weighted by molar-refractivity contribution is 5.99. The van der Waals surface area contributed by atoms with Crippen molar-refractivity contribution in [2.75, 3.05) is 7.11 Å². The number of benzene rings is 1. The molecule has 3 aromatic rings. The molecule has 1 atom stereocenters. The van der Waals surface area contributed by atoms with Gasteiger partial charge in [-0.1, -0.05) is 18.2 Å². The number of ether oxygens (including phenoxy) is 1. The number of hydrogen-bond donors (Lipinski definition) is 1. The molecule has 1 aromatic carbocycles. The highest BCUT2D eigenvalue weighted by Gasteiger charge is 2.25. The summed E-state index contributed by atoms with van der Waals surface area (Å²) in [5.74, 6) is 1.25. The molecular formula is C19H21N3O3. The second-order valence-electron chi connectivity index (χ2n) is 6.50. The van der Waals surface area contributed by atoms with Crippen molar-refractivity contribution in [3.05, 3.63) is 53.3 Å². The molecule has 0 aliphatic carbocycles. The van der Waals surface area contributed by atoms with Gasteiger partial charge in [0.1, 0.15) is 11.4 Å². The van der Waals surface area contributed by atoms with Crippen LogP contribution in [0.3, 0.4) is 0 Å². The van der Waals surface area contributed by atoms with E-state index in [9.17, 15) is 4.79 Å². The summed E-state index contributed by atoms with van der Waals surface area (Å²) in [7, 11) is 1.62. The van der Waals surface area contributed by atoms with Gasteiger partial charge in [0.05, 0.1) is 12.3 Å². The van der Waals surface area contributed by atoms with Gasteiger partial charge in [-0.2, -0.15) is 0 Å². The number of hydrogen-bond acceptors (Lipinski definition) is 4. The first kappa shape index (κ1) is 15.9. The summed E-state index contributed by atoms with van der Waals surface area (Å²) in [6.07, 6.45) is 3.77. The highest BCUT2D eigenvalue weighted by Crippen LogP contribution is 2.27. The molecule has 1 amide bonds. The van der Waals surface area contributed by atoms with Crippen molar-refractivity contribution in [1.82, 2.24) is 14.9 Å². The smallest absolute Gasteiger partial charge is 0.287 e. The average Bonchev–Trinajstić information content (AvgIpc) is 3.15. The van der Waals surface area contributed by atoms with Crippen molar-refractivity contribution in [3.8, 4) is 0 Å². The first-order valence-corrected chi connectivity index (χ1v) is 8.48. The minimum atomic E-state index is -0.187. The Morgan fingerprint density at radius 2 is 2.28 bits per heavy atom. The molecule has 0 saturated carbocycles. The number of aryl methyl sites for hydroxylation is 2. The van der Waals surface area contributed by atoms with Crippen LogP contribution in [0.2, 0.25) is 0 Å². The fourth-order valence-corrected chi connectivity index (χ4v) is 3.52. The molecule has 0 saturated heterocycles. The lowest BCUT2D eigenvalue weighted by Crippen LogP contribution is -2.41. The number of carbonyl (C=O) groups is 1. The van der Waals surface area contributed by atoms with Gasteiger partial charge < -0.3 is 19.0 Å². The van der Waals surface area contributed by atoms with Crippen molar-refractivity contribution >= 4 is 16.9 Å². The van der Waals surface area contributed by atoms with Crippen LogP contribution in [-0.2, 0) is 24.3 Å². The Morgan fingerprint density at radius 3 is 3.12 bits per heavy atom. The summed E-state index contributed by atoms with van der Waals surface area (Å²) in [6, 6.07) is 7.71. The fourth-order valence-electron chi connectivity index (χ4n) is 3.52. The fraction of sp³-hybridized carbons (Fsp3) is 0.368. The van der Waals surface area contributed by atoms with Crippen LogP contribution in [0.15, 0.2) is 34.9 Å². The standard InChI is InChI=1S/C19H21N3O3/c1-12-9-22-10-13(7-8-17(22)20-12)21-19(23)18-15(11-24-2)14-5-3-4-6-16(14)25-18/h3-6,9,13H,7-8,10-11H2,1-2H3,(H,21,23)/t13-/m0/s1. The van der Waals surface area contributed by atoms with Crippen LogP contribution in [0.25, 0.3) is 11.0 Å². The van der Waals surface area contributed by atoms with Crippen molar-refractivity contribution in [2.45, 2.75) is 39.0 Å². The number of imidazole rings is 1. The Bertz CT molecular complexity index is 925. The Labute approximate surface area is 145 Å². The summed E-state index contributed by atoms with van der Waals surface area (Å²) >= 11 is 0. The molecule has 3 heterocycles. The first-order chi connectivity index (χ1) is 12.2. The van der Waals surface area contributed by atoms with Gasteiger partial charge in [0.15, 0.2) is 5.76 Å². The van der Waals surface area contributed by atoms with E-state index < -0.39 is 0 Å². The number of methoxy groups -OCH3 is 1. The van der Waals surface area contributed by atoms with Crippen LogP contribution in [0.4, 0.5) is 0 Å². The SMILES string of the molecule is COCc1c(C(=O)N[C@H]2CCc3nc(C)cn3C2)oc2ccccc12. The van der Waals surface area contributed by atoms with Crippen LogP contribution >= 0.6 is 0 Å². The number of carbonyl (C=O) groups excluding carboxylic acids is 1. The van der Waals surface area contributed by atoms with E-state index in [1.54, 1.807) is 7.11 Å². The highest BCUT2D eigenvalue weighted by atomic mass is 16.5. The van der Waals surface area contributed by atoms with Gasteiger partial charge in [-0.25, -0.2) is 4.98 Å². The second kappa shape index (κ2) is 6.37. The van der Waals surface area contributed by atoms with Gasteiger partial charge in [0.25, 0.3) is 5.91 Å². The third kappa shape index (κ3) is 2.93. The van der Waals surface area contributed by atoms with Crippen molar-refractivity contribution in [1.29, 1.82) is 0 Å². The van der Waals surface area contributed by atoms with E-state index in [0.717, 1.165) is 41.9 Å². The van der Waals surface area contributed by atoms with E-state index >= 15 is 0 Å². The van der Waals surface area contributed by atoms with Gasteiger partial charge in [0, 0.05) is 43.3 Å². The summed E-state index contributed by atoms with van der Waals surface area (Å²) in [5, 5.41) is 4.03. The second-order valence-corrected chi connectivity index (χ2v) is 6.50. The molecule has 0 bridgehead atoms. The molecule has 6 nitrogen and oxygen atoms in total. The Kier molecular flexibility index (Phi) is 4.05. The van der Waals surface area contributed by atoms with Crippen LogP contribution in [-0.4, -0.2) is 28.6 Å². The molecule has 0 radical (unpaired) electrons. The van der Waals surface area contributed by atoms with Crippen LogP contribution in [0.5, 0.6) is 0 Å². The van der Waals surface area contributed by atoms with Gasteiger partial charge in [-0.05, 0) is 19.4 Å². The van der Waals surface area contributed by atoms with Crippen LogP contribution in [0.1, 0.15) is 34.1 Å². The Morgan fingerprint density at radius 1 is 1.44 bits per heavy atom. The third-order valence-corrected chi connectivity index (χ3v) is 4.64. The van der Waals surface area contributed by atoms with Gasteiger partial charge in [0.2, 0.25) is 0 Å². The maximum atomic E-state index is 12.8. The maximum Gasteiger partial charge on any atom is 0.287 e. The maximum absolute atomic E-state index is 12.8. The minimum Gasteiger partial charge on any atom is -0.451 e. The lowest BCUT2D eigenvalue weighted by molar-refractivity contribution is 0.0895. The van der Waals surface area contributed by atoms with E-state index in [1.165, 1.54) is 0 Å². The molecule has 6 heteroatoms. The van der Waals surface area contributed by atoms with Crippen molar-refractivity contribution in [3.63, 3.8) is 0 Å². The van der Waals surface area contributed by atoms with Crippen LogP contribution in [0, 0.1) is 6.92 Å². The lowest BCUT2D eigenvalue weighted by Gasteiger charge is -2.24. The molecule has 1 N–H and O–H groups in total. The lowest BCUT2D eigenvalue weighted by atomic mass is 10.1. The van der Waals surface area contributed by atoms with E-state index in [0.29, 0.717) is 18.0 Å². The van der Waals surface area contributed by atoms with E-state index in [1.807, 2.05) is 37.4 Å². The van der Waals surface area contributed by atoms with E-state index in [4.69, 9.17) is 9.15 Å². The normalized spacial score (nSPS) is 16.8. The molecule has 2 aromatic heterocycles. The molecular weight excluding hydrogens is 318 g/mol. The zero-order valence-electron chi connectivity index (χ0n) is 14.4. The number of furan rings is 1. The summed E-state index contributed by atoms with van der Waals surface area (Å²) < 4.78 is 13.2. The number of nitrogens with one attached hydrogen (secondary N) is 1. The van der Waals surface area contributed by atoms with E-state index in [2.05, 4.69) is 14.9 Å². The first-order valence-electron chi connectivity index (χ1n) is 8.48. The molecule has 4 rings (SSSR count). The van der Waals surface area contributed by atoms with Gasteiger partial charge >= 0.3 is 0 Å². The number of para-hydroxylation sites is 1. The largest absolute Gasteiger partial charge is 0.451 e. The molecule has 1 aliphatic heterocycles. The molecule has 0 unspecified atom stereocenters. The van der Waals surface area contributed by atoms with Crippen molar-refractivity contribution < 1.29 is 13.9 Å². The zero-order chi connectivity index (χ0) is 17.4. The Balaban J connectivity index is 1.57. The zero-order valence-corrected chi connectivity index (χ0v) is 14.4. The summed E-state index contributed by atoms with van der Waals surface area (Å²) in [6.45, 7) is 3.07. The quantitative estimate of drug-likeness (QED) is 0.793. The third-order valence-electron chi connectivity index (χ3n) is 4.64. The number of amides is 1. The molecule has 1 aliphatic rings. The predicted octanol–water partition coefficient (Wildman–Crippen LogP) is 2.83. The number of fused-ring (bicyclic) bond motifs is 2. The van der Waals surface area contributed by atoms with Crippen molar-refractivity contribution in [2.24, 2.45) is 0 Å². The molecule has 130 valence electrons. The minimum absolute atomic E-state index is 0.0669. The number of rotatable bonds is 4. The summed E-state index contributed by atoms with van der Waals surface area (Å²) in [5.41, 5.74) is 2.52. The Hall–Kier alpha value is -2.60. The number of nitrogens with zero attached hydrogens (tertiary/aromatic N) is 2. The molecule has 0 fully saturated rings. The average molecular weight is 339 g/mol. The van der Waals surface area contributed by atoms with Gasteiger partial charge in [-0.3, -0.25) is 4.79 Å². The molecule has 25 heavy (non-hydrogen) atoms. The number of aromatic nitrogens is 2. The molecule has 0 spiro atoms. The topological polar surface area (TPSA) is 69.3 Å². The summed E-state index contributed by atoms with van der Waals surface area (Å²) in [4.78, 5) is 17.3. The van der Waals surface area contributed by atoms with E-state index in [-0.39, 0.29) is 11.9 Å². The van der Waals surface area contributed by atoms with Gasteiger partial charge in [-0.15, -0.1) is 0 Å².